The standard InChI is InChI=1S/C12H13F4N/c1-6-4-8(6)11(17)7-2-3-9(10(13)5-7)12(14,15)16/h2-3,5-6,8,11H,4,17H2,1H3. The molecule has 1 aromatic rings. The molecule has 0 heterocycles. The Labute approximate surface area is 96.6 Å². The quantitative estimate of drug-likeness (QED) is 0.795. The monoisotopic (exact) mass is 247 g/mol. The molecule has 2 rings (SSSR count). The van der Waals surface area contributed by atoms with Gasteiger partial charge in [0.25, 0.3) is 0 Å². The summed E-state index contributed by atoms with van der Waals surface area (Å²) >= 11 is 0. The fourth-order valence-corrected chi connectivity index (χ4v) is 2.07. The van der Waals surface area contributed by atoms with Gasteiger partial charge in [0.15, 0.2) is 0 Å². The van der Waals surface area contributed by atoms with Crippen LogP contribution >= 0.6 is 0 Å². The Balaban J connectivity index is 2.25. The molecule has 0 saturated heterocycles. The molecule has 0 aliphatic heterocycles. The number of benzene rings is 1. The second kappa shape index (κ2) is 3.98. The minimum atomic E-state index is -4.65. The average Bonchev–Trinajstić information content (AvgIpc) is 2.92. The minimum Gasteiger partial charge on any atom is -0.324 e. The zero-order valence-electron chi connectivity index (χ0n) is 9.26. The molecule has 0 bridgehead atoms. The molecule has 0 aromatic heterocycles. The lowest BCUT2D eigenvalue weighted by Gasteiger charge is -2.14. The molecular formula is C12H13F4N. The smallest absolute Gasteiger partial charge is 0.324 e. The molecule has 0 radical (unpaired) electrons. The molecule has 0 spiro atoms. The summed E-state index contributed by atoms with van der Waals surface area (Å²) in [6, 6.07) is 2.55. The van der Waals surface area contributed by atoms with E-state index in [0.717, 1.165) is 18.6 Å². The maximum absolute atomic E-state index is 13.3. The van der Waals surface area contributed by atoms with Crippen molar-refractivity contribution in [3.8, 4) is 0 Å². The number of rotatable bonds is 2. The van der Waals surface area contributed by atoms with Crippen LogP contribution in [0.5, 0.6) is 0 Å². The third-order valence-electron chi connectivity index (χ3n) is 3.32. The molecule has 1 fully saturated rings. The Morgan fingerprint density at radius 2 is 1.94 bits per heavy atom. The van der Waals surface area contributed by atoms with Gasteiger partial charge in [0, 0.05) is 6.04 Å². The largest absolute Gasteiger partial charge is 0.419 e. The van der Waals surface area contributed by atoms with Crippen LogP contribution in [0, 0.1) is 17.7 Å². The summed E-state index contributed by atoms with van der Waals surface area (Å²) in [5.41, 5.74) is 5.07. The highest BCUT2D eigenvalue weighted by Gasteiger charge is 2.39. The van der Waals surface area contributed by atoms with Crippen molar-refractivity contribution >= 4 is 0 Å². The van der Waals surface area contributed by atoms with Crippen LogP contribution in [-0.2, 0) is 6.18 Å². The zero-order chi connectivity index (χ0) is 12.8. The first-order valence-corrected chi connectivity index (χ1v) is 5.43. The predicted molar refractivity (Wildman–Crippen MR) is 55.6 cm³/mol. The number of hydrogen-bond acceptors (Lipinski definition) is 1. The van der Waals surface area contributed by atoms with E-state index in [-0.39, 0.29) is 12.0 Å². The number of halogens is 4. The van der Waals surface area contributed by atoms with Crippen molar-refractivity contribution in [3.05, 3.63) is 35.1 Å². The fourth-order valence-electron chi connectivity index (χ4n) is 2.07. The van der Waals surface area contributed by atoms with Crippen LogP contribution in [-0.4, -0.2) is 0 Å². The van der Waals surface area contributed by atoms with Gasteiger partial charge in [0.05, 0.1) is 5.56 Å². The average molecular weight is 247 g/mol. The first kappa shape index (κ1) is 12.4. The summed E-state index contributed by atoms with van der Waals surface area (Å²) in [6.07, 6.45) is -3.70. The van der Waals surface area contributed by atoms with Crippen molar-refractivity contribution in [2.24, 2.45) is 17.6 Å². The summed E-state index contributed by atoms with van der Waals surface area (Å²) in [6.45, 7) is 2.02. The van der Waals surface area contributed by atoms with E-state index in [0.29, 0.717) is 11.5 Å². The molecule has 5 heteroatoms. The molecule has 3 unspecified atom stereocenters. The topological polar surface area (TPSA) is 26.0 Å². The maximum Gasteiger partial charge on any atom is 0.419 e. The van der Waals surface area contributed by atoms with Crippen molar-refractivity contribution in [2.75, 3.05) is 0 Å². The van der Waals surface area contributed by atoms with Gasteiger partial charge in [0.1, 0.15) is 5.82 Å². The molecule has 3 atom stereocenters. The van der Waals surface area contributed by atoms with Crippen molar-refractivity contribution in [3.63, 3.8) is 0 Å². The zero-order valence-corrected chi connectivity index (χ0v) is 9.26. The molecule has 1 nitrogen and oxygen atoms in total. The highest BCUT2D eigenvalue weighted by molar-refractivity contribution is 5.29. The summed E-state index contributed by atoms with van der Waals surface area (Å²) in [5.74, 6) is -0.528. The van der Waals surface area contributed by atoms with E-state index in [9.17, 15) is 17.6 Å². The molecule has 1 saturated carbocycles. The molecule has 0 amide bonds. The van der Waals surface area contributed by atoms with Gasteiger partial charge in [-0.1, -0.05) is 13.0 Å². The van der Waals surface area contributed by atoms with Crippen molar-refractivity contribution in [2.45, 2.75) is 25.6 Å². The predicted octanol–water partition coefficient (Wildman–Crippen LogP) is 3.50. The van der Waals surface area contributed by atoms with Crippen molar-refractivity contribution in [1.82, 2.24) is 0 Å². The van der Waals surface area contributed by atoms with Gasteiger partial charge >= 0.3 is 6.18 Å². The normalized spacial score (nSPS) is 25.8. The molecule has 1 aliphatic rings. The molecule has 2 N–H and O–H groups in total. The second-order valence-corrected chi connectivity index (χ2v) is 4.64. The van der Waals surface area contributed by atoms with Crippen LogP contribution in [0.1, 0.15) is 30.5 Å². The third kappa shape index (κ3) is 2.44. The van der Waals surface area contributed by atoms with E-state index in [1.165, 1.54) is 6.07 Å². The van der Waals surface area contributed by atoms with E-state index in [1.807, 2.05) is 6.92 Å². The minimum absolute atomic E-state index is 0.256. The van der Waals surface area contributed by atoms with Gasteiger partial charge in [-0.15, -0.1) is 0 Å². The van der Waals surface area contributed by atoms with Crippen LogP contribution in [0.4, 0.5) is 17.6 Å². The second-order valence-electron chi connectivity index (χ2n) is 4.64. The van der Waals surface area contributed by atoms with Gasteiger partial charge in [-0.2, -0.15) is 13.2 Å². The van der Waals surface area contributed by atoms with Crippen LogP contribution in [0.25, 0.3) is 0 Å². The van der Waals surface area contributed by atoms with E-state index in [4.69, 9.17) is 5.73 Å². The third-order valence-corrected chi connectivity index (χ3v) is 3.32. The summed E-state index contributed by atoms with van der Waals surface area (Å²) in [7, 11) is 0. The van der Waals surface area contributed by atoms with Crippen LogP contribution in [0.3, 0.4) is 0 Å². The van der Waals surface area contributed by atoms with Gasteiger partial charge < -0.3 is 5.73 Å². The van der Waals surface area contributed by atoms with E-state index >= 15 is 0 Å². The van der Waals surface area contributed by atoms with Gasteiger partial charge in [-0.05, 0) is 36.0 Å². The van der Waals surface area contributed by atoms with E-state index in [2.05, 4.69) is 0 Å². The summed E-state index contributed by atoms with van der Waals surface area (Å²) < 4.78 is 50.3. The highest BCUT2D eigenvalue weighted by Crippen LogP contribution is 2.46. The van der Waals surface area contributed by atoms with E-state index < -0.39 is 17.6 Å². The van der Waals surface area contributed by atoms with Gasteiger partial charge in [0.2, 0.25) is 0 Å². The Bertz CT molecular complexity index is 427. The lowest BCUT2D eigenvalue weighted by molar-refractivity contribution is -0.140. The van der Waals surface area contributed by atoms with Crippen molar-refractivity contribution in [1.29, 1.82) is 0 Å². The first-order chi connectivity index (χ1) is 7.80. The summed E-state index contributed by atoms with van der Waals surface area (Å²) in [5, 5.41) is 0. The fraction of sp³-hybridized carbons (Fsp3) is 0.500. The molecule has 1 aromatic carbocycles. The van der Waals surface area contributed by atoms with Crippen LogP contribution < -0.4 is 5.73 Å². The SMILES string of the molecule is CC1CC1C(N)c1ccc(C(F)(F)F)c(F)c1. The number of nitrogens with two attached hydrogens (primary N) is 1. The summed E-state index contributed by atoms with van der Waals surface area (Å²) in [4.78, 5) is 0. The molecule has 1 aliphatic carbocycles. The Kier molecular flexibility index (Phi) is 2.89. The van der Waals surface area contributed by atoms with E-state index in [1.54, 1.807) is 0 Å². The maximum atomic E-state index is 13.3. The van der Waals surface area contributed by atoms with Gasteiger partial charge in [-0.25, -0.2) is 4.39 Å². The van der Waals surface area contributed by atoms with Crippen LogP contribution in [0.15, 0.2) is 18.2 Å². The lowest BCUT2D eigenvalue weighted by Crippen LogP contribution is -2.15. The number of alkyl halides is 3. The number of hydrogen-bond donors (Lipinski definition) is 1. The van der Waals surface area contributed by atoms with Crippen molar-refractivity contribution < 1.29 is 17.6 Å². The first-order valence-electron chi connectivity index (χ1n) is 5.43. The lowest BCUT2D eigenvalue weighted by atomic mass is 10.0. The van der Waals surface area contributed by atoms with Crippen LogP contribution in [0.2, 0.25) is 0 Å². The highest BCUT2D eigenvalue weighted by atomic mass is 19.4. The van der Waals surface area contributed by atoms with Gasteiger partial charge in [-0.3, -0.25) is 0 Å². The molecule has 94 valence electrons. The Hall–Kier alpha value is -1.10. The molecule has 17 heavy (non-hydrogen) atoms. The Morgan fingerprint density at radius 3 is 2.35 bits per heavy atom. The Morgan fingerprint density at radius 1 is 1.35 bits per heavy atom. The molecular weight excluding hydrogens is 234 g/mol.